The molecule has 0 aliphatic heterocycles. The molecule has 5 nitrogen and oxygen atoms in total. The fourth-order valence-corrected chi connectivity index (χ4v) is 2.41. The second-order valence-electron chi connectivity index (χ2n) is 5.57. The summed E-state index contributed by atoms with van der Waals surface area (Å²) in [6, 6.07) is 3.77. The SMILES string of the molecule is Cc1cc(Cl)cc(C)c1OCC(=O)O[C@H](C)C(=O)NC1CC1. The van der Waals surface area contributed by atoms with E-state index in [1.54, 1.807) is 19.1 Å². The van der Waals surface area contributed by atoms with Gasteiger partial charge in [0.1, 0.15) is 5.75 Å². The van der Waals surface area contributed by atoms with E-state index < -0.39 is 12.1 Å². The van der Waals surface area contributed by atoms with Crippen molar-refractivity contribution in [1.29, 1.82) is 0 Å². The largest absolute Gasteiger partial charge is 0.481 e. The first-order chi connectivity index (χ1) is 10.4. The second-order valence-corrected chi connectivity index (χ2v) is 6.01. The Morgan fingerprint density at radius 3 is 2.45 bits per heavy atom. The molecule has 1 fully saturated rings. The first-order valence-electron chi connectivity index (χ1n) is 7.26. The van der Waals surface area contributed by atoms with Crippen molar-refractivity contribution in [3.63, 3.8) is 0 Å². The average molecular weight is 326 g/mol. The lowest BCUT2D eigenvalue weighted by Gasteiger charge is -2.15. The van der Waals surface area contributed by atoms with Crippen molar-refractivity contribution >= 4 is 23.5 Å². The van der Waals surface area contributed by atoms with Crippen LogP contribution in [0, 0.1) is 13.8 Å². The predicted molar refractivity (Wildman–Crippen MR) is 83.1 cm³/mol. The smallest absolute Gasteiger partial charge is 0.344 e. The number of carbonyl (C=O) groups is 2. The molecule has 2 rings (SSSR count). The predicted octanol–water partition coefficient (Wildman–Crippen LogP) is 2.55. The third-order valence-electron chi connectivity index (χ3n) is 3.36. The number of ether oxygens (including phenoxy) is 2. The maximum atomic E-state index is 11.8. The van der Waals surface area contributed by atoms with Crippen LogP contribution in [0.5, 0.6) is 5.75 Å². The van der Waals surface area contributed by atoms with Crippen molar-refractivity contribution in [1.82, 2.24) is 5.32 Å². The van der Waals surface area contributed by atoms with E-state index in [9.17, 15) is 9.59 Å². The summed E-state index contributed by atoms with van der Waals surface area (Å²) in [5.74, 6) is -0.238. The van der Waals surface area contributed by atoms with Crippen molar-refractivity contribution in [3.8, 4) is 5.75 Å². The first-order valence-corrected chi connectivity index (χ1v) is 7.64. The minimum Gasteiger partial charge on any atom is -0.481 e. The van der Waals surface area contributed by atoms with E-state index in [1.807, 2.05) is 13.8 Å². The van der Waals surface area contributed by atoms with Crippen molar-refractivity contribution < 1.29 is 19.1 Å². The van der Waals surface area contributed by atoms with Gasteiger partial charge in [-0.3, -0.25) is 4.79 Å². The van der Waals surface area contributed by atoms with Gasteiger partial charge in [-0.1, -0.05) is 11.6 Å². The minimum atomic E-state index is -0.816. The molecule has 0 bridgehead atoms. The number of aryl methyl sites for hydroxylation is 2. The fraction of sp³-hybridized carbons (Fsp3) is 0.500. The molecule has 1 atom stereocenters. The van der Waals surface area contributed by atoms with E-state index in [1.165, 1.54) is 0 Å². The summed E-state index contributed by atoms with van der Waals surface area (Å²) in [5, 5.41) is 3.41. The Hall–Kier alpha value is -1.75. The van der Waals surface area contributed by atoms with E-state index in [0.717, 1.165) is 24.0 Å². The number of rotatable bonds is 6. The van der Waals surface area contributed by atoms with Crippen molar-refractivity contribution in [2.24, 2.45) is 0 Å². The molecule has 0 radical (unpaired) electrons. The van der Waals surface area contributed by atoms with Crippen LogP contribution in [0.25, 0.3) is 0 Å². The summed E-state index contributed by atoms with van der Waals surface area (Å²) >= 11 is 5.94. The zero-order valence-electron chi connectivity index (χ0n) is 12.9. The third-order valence-corrected chi connectivity index (χ3v) is 3.58. The van der Waals surface area contributed by atoms with Gasteiger partial charge in [0.25, 0.3) is 5.91 Å². The van der Waals surface area contributed by atoms with Crippen LogP contribution in [0.1, 0.15) is 30.9 Å². The average Bonchev–Trinajstić information content (AvgIpc) is 3.21. The molecule has 1 amide bonds. The Morgan fingerprint density at radius 2 is 1.91 bits per heavy atom. The Bertz CT molecular complexity index is 561. The van der Waals surface area contributed by atoms with Gasteiger partial charge in [0.15, 0.2) is 12.7 Å². The minimum absolute atomic E-state index is 0.240. The van der Waals surface area contributed by atoms with Gasteiger partial charge in [-0.2, -0.15) is 0 Å². The molecule has 0 spiro atoms. The zero-order valence-corrected chi connectivity index (χ0v) is 13.7. The summed E-state index contributed by atoms with van der Waals surface area (Å²) in [5.41, 5.74) is 1.69. The summed E-state index contributed by atoms with van der Waals surface area (Å²) in [4.78, 5) is 23.5. The van der Waals surface area contributed by atoms with Crippen LogP contribution in [-0.2, 0) is 14.3 Å². The molecule has 120 valence electrons. The Labute approximate surface area is 134 Å². The summed E-state index contributed by atoms with van der Waals surface area (Å²) < 4.78 is 10.6. The molecule has 1 aliphatic rings. The Kier molecular flexibility index (Phi) is 5.29. The maximum absolute atomic E-state index is 11.8. The molecular weight excluding hydrogens is 306 g/mol. The molecular formula is C16H20ClNO4. The monoisotopic (exact) mass is 325 g/mol. The van der Waals surface area contributed by atoms with Crippen molar-refractivity contribution in [2.45, 2.75) is 45.8 Å². The van der Waals surface area contributed by atoms with Gasteiger partial charge in [-0.25, -0.2) is 4.79 Å². The number of hydrogen-bond acceptors (Lipinski definition) is 4. The summed E-state index contributed by atoms with van der Waals surface area (Å²) in [6.07, 6.45) is 1.17. The highest BCUT2D eigenvalue weighted by atomic mass is 35.5. The van der Waals surface area contributed by atoms with Gasteiger partial charge in [-0.15, -0.1) is 0 Å². The third kappa shape index (κ3) is 4.63. The molecule has 1 aliphatic carbocycles. The van der Waals surface area contributed by atoms with Crippen LogP contribution in [0.15, 0.2) is 12.1 Å². The molecule has 0 heterocycles. The lowest BCUT2D eigenvalue weighted by Crippen LogP contribution is -2.37. The molecule has 6 heteroatoms. The standard InChI is InChI=1S/C16H20ClNO4/c1-9-6-12(17)7-10(2)15(9)21-8-14(19)22-11(3)16(20)18-13-4-5-13/h6-7,11,13H,4-5,8H2,1-3H3,(H,18,20)/t11-/m1/s1. The number of esters is 1. The van der Waals surface area contributed by atoms with Gasteiger partial charge in [0.05, 0.1) is 0 Å². The fourth-order valence-electron chi connectivity index (χ4n) is 2.09. The van der Waals surface area contributed by atoms with Crippen LogP contribution in [0.3, 0.4) is 0 Å². The van der Waals surface area contributed by atoms with E-state index in [0.29, 0.717) is 10.8 Å². The van der Waals surface area contributed by atoms with E-state index >= 15 is 0 Å². The number of carbonyl (C=O) groups excluding carboxylic acids is 2. The molecule has 22 heavy (non-hydrogen) atoms. The lowest BCUT2D eigenvalue weighted by molar-refractivity contribution is -0.156. The molecule has 0 unspecified atom stereocenters. The number of nitrogens with one attached hydrogen (secondary N) is 1. The van der Waals surface area contributed by atoms with Crippen LogP contribution in [-0.4, -0.2) is 30.6 Å². The molecule has 0 saturated heterocycles. The van der Waals surface area contributed by atoms with Crippen LogP contribution in [0.2, 0.25) is 5.02 Å². The molecule has 1 N–H and O–H groups in total. The first kappa shape index (κ1) is 16.6. The van der Waals surface area contributed by atoms with Gasteiger partial charge in [0, 0.05) is 11.1 Å². The number of hydrogen-bond donors (Lipinski definition) is 1. The van der Waals surface area contributed by atoms with Crippen LogP contribution < -0.4 is 10.1 Å². The lowest BCUT2D eigenvalue weighted by atomic mass is 10.1. The Balaban J connectivity index is 1.83. The van der Waals surface area contributed by atoms with E-state index in [-0.39, 0.29) is 18.6 Å². The number of benzene rings is 1. The topological polar surface area (TPSA) is 64.6 Å². The summed E-state index contributed by atoms with van der Waals surface area (Å²) in [7, 11) is 0. The maximum Gasteiger partial charge on any atom is 0.344 e. The van der Waals surface area contributed by atoms with E-state index in [4.69, 9.17) is 21.1 Å². The van der Waals surface area contributed by atoms with E-state index in [2.05, 4.69) is 5.32 Å². The van der Waals surface area contributed by atoms with Crippen molar-refractivity contribution in [2.75, 3.05) is 6.61 Å². The van der Waals surface area contributed by atoms with Gasteiger partial charge in [0.2, 0.25) is 0 Å². The van der Waals surface area contributed by atoms with Gasteiger partial charge in [-0.05, 0) is 56.9 Å². The van der Waals surface area contributed by atoms with Crippen LogP contribution in [0.4, 0.5) is 0 Å². The number of halogens is 1. The molecule has 1 aromatic rings. The summed E-state index contributed by atoms with van der Waals surface area (Å²) in [6.45, 7) is 5.01. The molecule has 0 aromatic heterocycles. The normalized spacial score (nSPS) is 15.1. The van der Waals surface area contributed by atoms with Gasteiger partial charge >= 0.3 is 5.97 Å². The second kappa shape index (κ2) is 7.01. The molecule has 1 aromatic carbocycles. The van der Waals surface area contributed by atoms with Gasteiger partial charge < -0.3 is 14.8 Å². The van der Waals surface area contributed by atoms with Crippen molar-refractivity contribution in [3.05, 3.63) is 28.3 Å². The zero-order chi connectivity index (χ0) is 16.3. The van der Waals surface area contributed by atoms with Crippen LogP contribution >= 0.6 is 11.6 Å². The quantitative estimate of drug-likeness (QED) is 0.816. The number of amides is 1. The Morgan fingerprint density at radius 1 is 1.32 bits per heavy atom. The highest BCUT2D eigenvalue weighted by molar-refractivity contribution is 6.30. The highest BCUT2D eigenvalue weighted by Gasteiger charge is 2.27. The highest BCUT2D eigenvalue weighted by Crippen LogP contribution is 2.27. The molecule has 1 saturated carbocycles.